The molecule has 0 fully saturated rings. The third-order valence-corrected chi connectivity index (χ3v) is 11.1. The summed E-state index contributed by atoms with van der Waals surface area (Å²) in [6.45, 7) is 13.5. The van der Waals surface area contributed by atoms with Gasteiger partial charge in [-0.05, 0) is 97.4 Å². The van der Waals surface area contributed by atoms with E-state index in [1.807, 2.05) is 0 Å². The maximum absolute atomic E-state index is 5.25. The second-order valence-corrected chi connectivity index (χ2v) is 15.6. The monoisotopic (exact) mass is 781 g/mol. The minimum absolute atomic E-state index is 0. The van der Waals surface area contributed by atoms with E-state index in [9.17, 15) is 0 Å². The van der Waals surface area contributed by atoms with Crippen molar-refractivity contribution in [2.45, 2.75) is 228 Å². The van der Waals surface area contributed by atoms with Gasteiger partial charge in [0.2, 0.25) is 0 Å². The van der Waals surface area contributed by atoms with Crippen molar-refractivity contribution in [2.75, 3.05) is 0 Å². The standard InChI is InChI=1S/C51H82N2.Ni/c1-7-13-15-16-17-18-19-20-21-22-23-24-25-26-27-28-29-30-31-32-33-34-35-37-51(53-49-41-39-45(10-4)47(12-6)43-49)50(36-14-8-2)52-48-40-38-44(9-3)46(11-5)42-48;/h38-43H,7-34,36H2,1-6H3;. The topological polar surface area (TPSA) is 24.7 Å². The molecule has 0 aliphatic rings. The molecule has 0 radical (unpaired) electrons. The fourth-order valence-corrected chi connectivity index (χ4v) is 7.52. The number of aryl methyl sites for hydroxylation is 4. The molecule has 0 aromatic heterocycles. The van der Waals surface area contributed by atoms with E-state index in [-0.39, 0.29) is 16.5 Å². The van der Waals surface area contributed by atoms with Crippen molar-refractivity contribution in [3.63, 3.8) is 0 Å². The quantitative estimate of drug-likeness (QED) is 0.0315. The molecule has 0 saturated heterocycles. The second-order valence-electron chi connectivity index (χ2n) is 15.6. The Kier molecular flexibility index (Phi) is 31.5. The molecule has 0 unspecified atom stereocenters. The van der Waals surface area contributed by atoms with Crippen molar-refractivity contribution in [3.8, 4) is 11.8 Å². The number of hydrogen-bond donors (Lipinski definition) is 0. The Balaban J connectivity index is 0.0000146. The zero-order valence-corrected chi connectivity index (χ0v) is 37.2. The van der Waals surface area contributed by atoms with Crippen LogP contribution in [0.15, 0.2) is 46.4 Å². The van der Waals surface area contributed by atoms with Crippen LogP contribution in [0, 0.1) is 11.8 Å². The van der Waals surface area contributed by atoms with Crippen molar-refractivity contribution in [1.29, 1.82) is 0 Å². The molecular weight excluding hydrogens is 699 g/mol. The van der Waals surface area contributed by atoms with Crippen LogP contribution in [0.3, 0.4) is 0 Å². The number of hydrogen-bond acceptors (Lipinski definition) is 2. The number of rotatable bonds is 31. The average molecular weight is 782 g/mol. The van der Waals surface area contributed by atoms with Crippen LogP contribution in [-0.2, 0) is 42.2 Å². The van der Waals surface area contributed by atoms with Gasteiger partial charge in [0.1, 0.15) is 5.71 Å². The van der Waals surface area contributed by atoms with Gasteiger partial charge in [-0.15, -0.1) is 0 Å². The van der Waals surface area contributed by atoms with Crippen LogP contribution < -0.4 is 0 Å². The zero-order valence-electron chi connectivity index (χ0n) is 36.2. The Morgan fingerprint density at radius 1 is 0.426 bits per heavy atom. The van der Waals surface area contributed by atoms with E-state index in [4.69, 9.17) is 9.98 Å². The van der Waals surface area contributed by atoms with Crippen LogP contribution in [0.2, 0.25) is 0 Å². The van der Waals surface area contributed by atoms with E-state index in [1.54, 1.807) is 0 Å². The van der Waals surface area contributed by atoms with Crippen LogP contribution in [-0.4, -0.2) is 11.4 Å². The van der Waals surface area contributed by atoms with E-state index in [0.717, 1.165) is 74.2 Å². The third-order valence-electron chi connectivity index (χ3n) is 11.1. The maximum atomic E-state index is 5.25. The predicted octanol–water partition coefficient (Wildman–Crippen LogP) is 16.6. The van der Waals surface area contributed by atoms with Crippen LogP contribution in [0.5, 0.6) is 0 Å². The molecule has 0 saturated carbocycles. The Hall–Kier alpha value is -2.17. The van der Waals surface area contributed by atoms with Crippen molar-refractivity contribution < 1.29 is 16.5 Å². The van der Waals surface area contributed by atoms with Gasteiger partial charge in [-0.25, -0.2) is 4.99 Å². The first-order chi connectivity index (χ1) is 26.1. The molecule has 2 nitrogen and oxygen atoms in total. The van der Waals surface area contributed by atoms with Gasteiger partial charge in [0.25, 0.3) is 0 Å². The first kappa shape index (κ1) is 49.9. The predicted molar refractivity (Wildman–Crippen MR) is 239 cm³/mol. The minimum atomic E-state index is 0. The molecule has 0 atom stereocenters. The number of unbranched alkanes of at least 4 members (excludes halogenated alkanes) is 22. The molecule has 0 N–H and O–H groups in total. The van der Waals surface area contributed by atoms with Gasteiger partial charge in [-0.1, -0.05) is 194 Å². The van der Waals surface area contributed by atoms with Gasteiger partial charge in [0, 0.05) is 22.9 Å². The fourth-order valence-electron chi connectivity index (χ4n) is 7.52. The summed E-state index contributed by atoms with van der Waals surface area (Å²) < 4.78 is 0. The van der Waals surface area contributed by atoms with Crippen molar-refractivity contribution in [1.82, 2.24) is 0 Å². The van der Waals surface area contributed by atoms with Crippen LogP contribution >= 0.6 is 0 Å². The molecular formula is C51H82N2Ni. The molecule has 0 bridgehead atoms. The molecule has 0 amide bonds. The fraction of sp³-hybridized carbons (Fsp3) is 0.686. The normalized spacial score (nSPS) is 11.7. The van der Waals surface area contributed by atoms with Crippen molar-refractivity contribution >= 4 is 22.8 Å². The average Bonchev–Trinajstić information content (AvgIpc) is 3.19. The van der Waals surface area contributed by atoms with Gasteiger partial charge in [0.05, 0.1) is 17.1 Å². The minimum Gasteiger partial charge on any atom is -0.251 e. The molecule has 0 aliphatic heterocycles. The molecule has 0 spiro atoms. The Morgan fingerprint density at radius 2 is 0.796 bits per heavy atom. The van der Waals surface area contributed by atoms with Crippen molar-refractivity contribution in [3.05, 3.63) is 58.7 Å². The summed E-state index contributed by atoms with van der Waals surface area (Å²) in [5.41, 5.74) is 9.52. The first-order valence-corrected chi connectivity index (χ1v) is 23.0. The van der Waals surface area contributed by atoms with Crippen LogP contribution in [0.25, 0.3) is 0 Å². The van der Waals surface area contributed by atoms with E-state index >= 15 is 0 Å². The number of nitrogens with zero attached hydrogens (tertiary/aromatic N) is 2. The van der Waals surface area contributed by atoms with E-state index in [0.29, 0.717) is 0 Å². The summed E-state index contributed by atoms with van der Waals surface area (Å²) in [6, 6.07) is 13.4. The molecule has 2 rings (SSSR count). The molecule has 3 heteroatoms. The smallest absolute Gasteiger partial charge is 0.135 e. The molecule has 54 heavy (non-hydrogen) atoms. The largest absolute Gasteiger partial charge is 0.251 e. The summed E-state index contributed by atoms with van der Waals surface area (Å²) in [4.78, 5) is 10.5. The molecule has 2 aromatic rings. The van der Waals surface area contributed by atoms with Gasteiger partial charge in [0.15, 0.2) is 0 Å². The number of aliphatic imine (C=N–C) groups is 2. The van der Waals surface area contributed by atoms with Crippen molar-refractivity contribution in [2.24, 2.45) is 9.98 Å². The van der Waals surface area contributed by atoms with Crippen LogP contribution in [0.4, 0.5) is 11.4 Å². The summed E-state index contributed by atoms with van der Waals surface area (Å²) in [7, 11) is 0. The van der Waals surface area contributed by atoms with Gasteiger partial charge in [-0.2, -0.15) is 0 Å². The molecule has 0 aliphatic carbocycles. The van der Waals surface area contributed by atoms with E-state index in [1.165, 1.54) is 157 Å². The Labute approximate surface area is 346 Å². The first-order valence-electron chi connectivity index (χ1n) is 23.0. The van der Waals surface area contributed by atoms with Crippen LogP contribution in [0.1, 0.15) is 224 Å². The molecule has 306 valence electrons. The van der Waals surface area contributed by atoms with Gasteiger partial charge in [-0.3, -0.25) is 4.99 Å². The van der Waals surface area contributed by atoms with E-state index in [2.05, 4.69) is 89.8 Å². The zero-order chi connectivity index (χ0) is 38.2. The SMILES string of the molecule is CCCCCCCCCCCCCCCCCCCCCCCC#CC(=Nc1ccc(CC)c(CC)c1)C(CCCC)=Nc1ccc(CC)c(CC)c1.[Ni]. The summed E-state index contributed by atoms with van der Waals surface area (Å²) in [5, 5.41) is 0. The van der Waals surface area contributed by atoms with E-state index < -0.39 is 0 Å². The second kappa shape index (κ2) is 34.1. The molecule has 2 aromatic carbocycles. The summed E-state index contributed by atoms with van der Waals surface area (Å²) >= 11 is 0. The Morgan fingerprint density at radius 3 is 1.19 bits per heavy atom. The maximum Gasteiger partial charge on any atom is 0.135 e. The number of benzene rings is 2. The van der Waals surface area contributed by atoms with Gasteiger partial charge < -0.3 is 0 Å². The summed E-state index contributed by atoms with van der Waals surface area (Å²) in [6.07, 6.45) is 37.9. The summed E-state index contributed by atoms with van der Waals surface area (Å²) in [5.74, 6) is 7.09. The Bertz CT molecular complexity index is 1340. The third kappa shape index (κ3) is 22.4. The van der Waals surface area contributed by atoms with Gasteiger partial charge >= 0.3 is 0 Å². The molecule has 0 heterocycles.